The van der Waals surface area contributed by atoms with Crippen molar-refractivity contribution in [1.29, 1.82) is 0 Å². The van der Waals surface area contributed by atoms with Gasteiger partial charge >= 0.3 is 0 Å². The van der Waals surface area contributed by atoms with Crippen molar-refractivity contribution in [3.63, 3.8) is 0 Å². The number of rotatable bonds is 4. The van der Waals surface area contributed by atoms with Gasteiger partial charge in [-0.05, 0) is 11.6 Å². The molecule has 104 valence electrons. The molecule has 1 atom stereocenters. The summed E-state index contributed by atoms with van der Waals surface area (Å²) in [6, 6.07) is 12.7. The molecule has 0 aromatic heterocycles. The average molecular weight is 309 g/mol. The lowest BCUT2D eigenvalue weighted by molar-refractivity contribution is 0.0966. The maximum atomic E-state index is 12.5. The first-order chi connectivity index (χ1) is 9.54. The molecule has 4 heteroatoms. The average Bonchev–Trinajstić information content (AvgIpc) is 2.48. The summed E-state index contributed by atoms with van der Waals surface area (Å²) in [6.07, 6.45) is 0. The first kappa shape index (κ1) is 14.9. The van der Waals surface area contributed by atoms with Crippen molar-refractivity contribution in [2.75, 3.05) is 7.11 Å². The summed E-state index contributed by atoms with van der Waals surface area (Å²) in [4.78, 5) is 12.5. The first-order valence-electron chi connectivity index (χ1n) is 6.16. The van der Waals surface area contributed by atoms with Crippen LogP contribution in [0.5, 0.6) is 5.75 Å². The molecule has 0 aliphatic rings. The van der Waals surface area contributed by atoms with Crippen LogP contribution in [0.4, 0.5) is 0 Å². The third kappa shape index (κ3) is 2.97. The van der Waals surface area contributed by atoms with Gasteiger partial charge in [-0.3, -0.25) is 4.79 Å². The standard InChI is InChI=1S/C16H14Cl2O2/c1-10(11-6-4-3-5-7-11)16(19)12-8-14(18)15(20-2)9-13(12)17/h3-10H,1-2H3. The Labute approximate surface area is 128 Å². The number of Topliss-reactive ketones (excluding diaryl/α,β-unsaturated/α-hetero) is 1. The van der Waals surface area contributed by atoms with Crippen molar-refractivity contribution in [1.82, 2.24) is 0 Å². The predicted octanol–water partition coefficient (Wildman–Crippen LogP) is 4.99. The Morgan fingerprint density at radius 3 is 2.35 bits per heavy atom. The summed E-state index contributed by atoms with van der Waals surface area (Å²) < 4.78 is 5.08. The van der Waals surface area contributed by atoms with Crippen LogP contribution in [0.25, 0.3) is 0 Å². The van der Waals surface area contributed by atoms with Crippen LogP contribution in [0, 0.1) is 0 Å². The summed E-state index contributed by atoms with van der Waals surface area (Å²) in [5.41, 5.74) is 1.36. The summed E-state index contributed by atoms with van der Waals surface area (Å²) in [5, 5.41) is 0.722. The van der Waals surface area contributed by atoms with Crippen molar-refractivity contribution in [3.8, 4) is 5.75 Å². The molecule has 0 radical (unpaired) electrons. The smallest absolute Gasteiger partial charge is 0.171 e. The molecule has 0 bridgehead atoms. The van der Waals surface area contributed by atoms with Crippen LogP contribution in [0.3, 0.4) is 0 Å². The van der Waals surface area contributed by atoms with Gasteiger partial charge in [0, 0.05) is 17.5 Å². The number of hydrogen-bond acceptors (Lipinski definition) is 2. The zero-order valence-electron chi connectivity index (χ0n) is 11.2. The number of carbonyl (C=O) groups is 1. The van der Waals surface area contributed by atoms with Gasteiger partial charge in [-0.1, -0.05) is 60.5 Å². The number of ether oxygens (including phenoxy) is 1. The van der Waals surface area contributed by atoms with Gasteiger partial charge in [0.2, 0.25) is 0 Å². The molecule has 0 saturated heterocycles. The SMILES string of the molecule is COc1cc(Cl)c(C(=O)C(C)c2ccccc2)cc1Cl. The molecule has 1 unspecified atom stereocenters. The number of methoxy groups -OCH3 is 1. The van der Waals surface area contributed by atoms with Crippen LogP contribution in [0.1, 0.15) is 28.8 Å². The Morgan fingerprint density at radius 2 is 1.75 bits per heavy atom. The minimum Gasteiger partial charge on any atom is -0.495 e. The van der Waals surface area contributed by atoms with E-state index < -0.39 is 0 Å². The van der Waals surface area contributed by atoms with E-state index in [-0.39, 0.29) is 11.7 Å². The first-order valence-corrected chi connectivity index (χ1v) is 6.92. The molecule has 2 aromatic carbocycles. The monoisotopic (exact) mass is 308 g/mol. The van der Waals surface area contributed by atoms with Crippen molar-refractivity contribution in [2.24, 2.45) is 0 Å². The molecule has 0 aliphatic carbocycles. The van der Waals surface area contributed by atoms with Crippen LogP contribution >= 0.6 is 23.2 Å². The highest BCUT2D eigenvalue weighted by atomic mass is 35.5. The molecule has 2 nitrogen and oxygen atoms in total. The van der Waals surface area contributed by atoms with E-state index in [1.54, 1.807) is 12.1 Å². The molecule has 20 heavy (non-hydrogen) atoms. The van der Waals surface area contributed by atoms with Gasteiger partial charge in [0.25, 0.3) is 0 Å². The molecule has 0 N–H and O–H groups in total. The van der Waals surface area contributed by atoms with E-state index >= 15 is 0 Å². The molecule has 0 saturated carbocycles. The Bertz CT molecular complexity index is 624. The molecule has 0 fully saturated rings. The lowest BCUT2D eigenvalue weighted by atomic mass is 9.92. The highest BCUT2D eigenvalue weighted by Gasteiger charge is 2.21. The maximum Gasteiger partial charge on any atom is 0.171 e. The van der Waals surface area contributed by atoms with E-state index in [1.165, 1.54) is 7.11 Å². The summed E-state index contributed by atoms with van der Waals surface area (Å²) in [5.74, 6) is 0.115. The largest absolute Gasteiger partial charge is 0.495 e. The fourth-order valence-corrected chi connectivity index (χ4v) is 2.49. The molecule has 0 heterocycles. The van der Waals surface area contributed by atoms with Gasteiger partial charge in [0.15, 0.2) is 5.78 Å². The second kappa shape index (κ2) is 6.29. The Hall–Kier alpha value is -1.51. The second-order valence-electron chi connectivity index (χ2n) is 4.46. The molecule has 0 aliphatic heterocycles. The Kier molecular flexibility index (Phi) is 4.69. The van der Waals surface area contributed by atoms with Crippen LogP contribution in [-0.4, -0.2) is 12.9 Å². The van der Waals surface area contributed by atoms with Crippen LogP contribution in [0.2, 0.25) is 10.0 Å². The summed E-state index contributed by atoms with van der Waals surface area (Å²) >= 11 is 12.2. The van der Waals surface area contributed by atoms with Gasteiger partial charge in [0.05, 0.1) is 17.2 Å². The van der Waals surface area contributed by atoms with Crippen LogP contribution in [-0.2, 0) is 0 Å². The van der Waals surface area contributed by atoms with E-state index in [0.29, 0.717) is 21.4 Å². The lowest BCUT2D eigenvalue weighted by Gasteiger charge is -2.13. The van der Waals surface area contributed by atoms with Crippen molar-refractivity contribution in [3.05, 3.63) is 63.6 Å². The van der Waals surface area contributed by atoms with Gasteiger partial charge in [-0.25, -0.2) is 0 Å². The Morgan fingerprint density at radius 1 is 1.10 bits per heavy atom. The van der Waals surface area contributed by atoms with E-state index in [9.17, 15) is 4.79 Å². The molecule has 2 aromatic rings. The number of hydrogen-bond donors (Lipinski definition) is 0. The van der Waals surface area contributed by atoms with Gasteiger partial charge in [-0.2, -0.15) is 0 Å². The van der Waals surface area contributed by atoms with Gasteiger partial charge < -0.3 is 4.74 Å². The molecule has 0 amide bonds. The molecular weight excluding hydrogens is 295 g/mol. The second-order valence-corrected chi connectivity index (χ2v) is 5.28. The molecule has 0 spiro atoms. The van der Waals surface area contributed by atoms with Gasteiger partial charge in [0.1, 0.15) is 5.75 Å². The number of ketones is 1. The van der Waals surface area contributed by atoms with Crippen molar-refractivity contribution >= 4 is 29.0 Å². The van der Waals surface area contributed by atoms with E-state index in [1.807, 2.05) is 37.3 Å². The number of carbonyl (C=O) groups excluding carboxylic acids is 1. The quantitative estimate of drug-likeness (QED) is 0.744. The van der Waals surface area contributed by atoms with Crippen molar-refractivity contribution < 1.29 is 9.53 Å². The van der Waals surface area contributed by atoms with E-state index in [2.05, 4.69) is 0 Å². The third-order valence-corrected chi connectivity index (χ3v) is 3.81. The van der Waals surface area contributed by atoms with Crippen LogP contribution < -0.4 is 4.74 Å². The van der Waals surface area contributed by atoms with Crippen molar-refractivity contribution in [2.45, 2.75) is 12.8 Å². The fraction of sp³-hybridized carbons (Fsp3) is 0.188. The van der Waals surface area contributed by atoms with Crippen LogP contribution in [0.15, 0.2) is 42.5 Å². The zero-order valence-corrected chi connectivity index (χ0v) is 12.7. The minimum absolute atomic E-state index is 0.0641. The Balaban J connectivity index is 2.37. The summed E-state index contributed by atoms with van der Waals surface area (Å²) in [6.45, 7) is 1.85. The number of benzene rings is 2. The lowest BCUT2D eigenvalue weighted by Crippen LogP contribution is -2.10. The molecular formula is C16H14Cl2O2. The minimum atomic E-state index is -0.279. The normalized spacial score (nSPS) is 12.0. The zero-order chi connectivity index (χ0) is 14.7. The van der Waals surface area contributed by atoms with Gasteiger partial charge in [-0.15, -0.1) is 0 Å². The number of halogens is 2. The third-order valence-electron chi connectivity index (χ3n) is 3.20. The molecule has 2 rings (SSSR count). The van der Waals surface area contributed by atoms with E-state index in [0.717, 1.165) is 5.56 Å². The maximum absolute atomic E-state index is 12.5. The fourth-order valence-electron chi connectivity index (χ4n) is 2.00. The summed E-state index contributed by atoms with van der Waals surface area (Å²) in [7, 11) is 1.51. The topological polar surface area (TPSA) is 26.3 Å². The van der Waals surface area contributed by atoms with E-state index in [4.69, 9.17) is 27.9 Å². The predicted molar refractivity (Wildman–Crippen MR) is 82.2 cm³/mol. The highest BCUT2D eigenvalue weighted by molar-refractivity contribution is 6.37. The highest BCUT2D eigenvalue weighted by Crippen LogP contribution is 2.33.